The number of hydrazine groups is 1. The van der Waals surface area contributed by atoms with Gasteiger partial charge in [-0.05, 0) is 74.5 Å². The molecule has 0 atom stereocenters. The van der Waals surface area contributed by atoms with Gasteiger partial charge in [0.25, 0.3) is 5.69 Å². The van der Waals surface area contributed by atoms with Crippen molar-refractivity contribution < 1.29 is 9.72 Å². The molecule has 0 aliphatic heterocycles. The highest BCUT2D eigenvalue weighted by molar-refractivity contribution is 5.87. The molecule has 6 heteroatoms. The summed E-state index contributed by atoms with van der Waals surface area (Å²) >= 11 is 0. The second kappa shape index (κ2) is 6.87. The maximum atomic E-state index is 13.6. The molecule has 0 radical (unpaired) electrons. The monoisotopic (exact) mass is 391 g/mol. The van der Waals surface area contributed by atoms with Crippen LogP contribution >= 0.6 is 0 Å². The number of para-hydroxylation sites is 3. The molecule has 1 amide bonds. The number of rotatable bonds is 5. The van der Waals surface area contributed by atoms with Gasteiger partial charge in [-0.15, -0.1) is 0 Å². The number of carbonyl (C=O) groups is 1. The summed E-state index contributed by atoms with van der Waals surface area (Å²) < 4.78 is 0. The minimum atomic E-state index is -0.401. The van der Waals surface area contributed by atoms with Crippen molar-refractivity contribution in [3.63, 3.8) is 0 Å². The van der Waals surface area contributed by atoms with Crippen molar-refractivity contribution in [2.24, 2.45) is 23.2 Å². The van der Waals surface area contributed by atoms with E-state index >= 15 is 0 Å². The molecule has 0 heterocycles. The average molecular weight is 391 g/mol. The van der Waals surface area contributed by atoms with E-state index in [0.717, 1.165) is 19.3 Å². The van der Waals surface area contributed by atoms with Crippen LogP contribution in [0, 0.1) is 33.3 Å². The van der Waals surface area contributed by atoms with Crippen LogP contribution in [-0.4, -0.2) is 10.8 Å². The summed E-state index contributed by atoms with van der Waals surface area (Å²) in [4.78, 5) is 24.8. The highest BCUT2D eigenvalue weighted by atomic mass is 16.6. The van der Waals surface area contributed by atoms with Crippen LogP contribution in [0.5, 0.6) is 0 Å². The number of carbonyl (C=O) groups excluding carboxylic acids is 1. The molecule has 4 fully saturated rings. The van der Waals surface area contributed by atoms with Gasteiger partial charge < -0.3 is 0 Å². The second-order valence-corrected chi connectivity index (χ2v) is 9.06. The van der Waals surface area contributed by atoms with Gasteiger partial charge in [-0.1, -0.05) is 30.3 Å². The Balaban J connectivity index is 1.50. The molecule has 6 nitrogen and oxygen atoms in total. The molecule has 0 saturated heterocycles. The van der Waals surface area contributed by atoms with Crippen LogP contribution in [0.4, 0.5) is 17.1 Å². The summed E-state index contributed by atoms with van der Waals surface area (Å²) in [5.41, 5.74) is 3.82. The Morgan fingerprint density at radius 2 is 1.48 bits per heavy atom. The van der Waals surface area contributed by atoms with Gasteiger partial charge in [-0.3, -0.25) is 20.3 Å². The first-order valence-corrected chi connectivity index (χ1v) is 10.4. The van der Waals surface area contributed by atoms with E-state index in [2.05, 4.69) is 5.43 Å². The van der Waals surface area contributed by atoms with Crippen LogP contribution in [0.2, 0.25) is 0 Å². The zero-order valence-corrected chi connectivity index (χ0v) is 16.3. The number of nitrogens with zero attached hydrogens (tertiary/aromatic N) is 2. The number of benzene rings is 2. The molecule has 2 aromatic rings. The standard InChI is InChI=1S/C23H25N3O3/c27-22(23-13-16-10-17(14-23)12-18(11-16)15-23)24-25(19-6-2-1-3-7-19)20-8-4-5-9-21(20)26(28)29/h1-9,16-18H,10-15H2,(H,24,27). The Bertz CT molecular complexity index is 908. The average Bonchev–Trinajstić information content (AvgIpc) is 2.71. The lowest BCUT2D eigenvalue weighted by Crippen LogP contribution is -2.56. The van der Waals surface area contributed by atoms with Gasteiger partial charge in [0, 0.05) is 6.07 Å². The van der Waals surface area contributed by atoms with Crippen molar-refractivity contribution in [1.82, 2.24) is 5.43 Å². The molecular formula is C23H25N3O3. The SMILES string of the molecule is O=C(NN(c1ccccc1)c1ccccc1[N+](=O)[O-])C12CC3CC(CC(C3)C1)C2. The van der Waals surface area contributed by atoms with Crippen LogP contribution in [0.25, 0.3) is 0 Å². The van der Waals surface area contributed by atoms with E-state index in [1.54, 1.807) is 23.2 Å². The van der Waals surface area contributed by atoms with Crippen molar-refractivity contribution in [2.75, 3.05) is 5.01 Å². The molecule has 6 rings (SSSR count). The summed E-state index contributed by atoms with van der Waals surface area (Å²) in [7, 11) is 0. The van der Waals surface area contributed by atoms with Gasteiger partial charge in [0.05, 0.1) is 16.0 Å². The largest absolute Gasteiger partial charge is 0.294 e. The minimum absolute atomic E-state index is 0.0126. The molecule has 4 saturated carbocycles. The lowest BCUT2D eigenvalue weighted by Gasteiger charge is -2.55. The summed E-state index contributed by atoms with van der Waals surface area (Å²) in [6, 6.07) is 15.9. The smallest absolute Gasteiger partial charge is 0.273 e. The number of hydrogen-bond donors (Lipinski definition) is 1. The lowest BCUT2D eigenvalue weighted by atomic mass is 9.49. The normalized spacial score (nSPS) is 29.4. The van der Waals surface area contributed by atoms with E-state index < -0.39 is 4.92 Å². The summed E-state index contributed by atoms with van der Waals surface area (Å²) in [5.74, 6) is 1.98. The third-order valence-corrected chi connectivity index (χ3v) is 7.07. The second-order valence-electron chi connectivity index (χ2n) is 9.06. The molecule has 4 bridgehead atoms. The Morgan fingerprint density at radius 1 is 0.931 bits per heavy atom. The van der Waals surface area contributed by atoms with Crippen molar-refractivity contribution in [3.05, 3.63) is 64.7 Å². The molecular weight excluding hydrogens is 366 g/mol. The molecule has 0 aromatic heterocycles. The molecule has 29 heavy (non-hydrogen) atoms. The maximum Gasteiger partial charge on any atom is 0.294 e. The summed E-state index contributed by atoms with van der Waals surface area (Å²) in [6.45, 7) is 0. The van der Waals surface area contributed by atoms with Gasteiger partial charge in [0.1, 0.15) is 5.69 Å². The number of nitrogens with one attached hydrogen (secondary N) is 1. The van der Waals surface area contributed by atoms with Crippen molar-refractivity contribution in [2.45, 2.75) is 38.5 Å². The van der Waals surface area contributed by atoms with Crippen molar-refractivity contribution in [3.8, 4) is 0 Å². The quantitative estimate of drug-likeness (QED) is 0.576. The number of hydrogen-bond acceptors (Lipinski definition) is 4. The van der Waals surface area contributed by atoms with Crippen LogP contribution in [0.1, 0.15) is 38.5 Å². The number of amides is 1. The maximum absolute atomic E-state index is 13.6. The molecule has 0 spiro atoms. The van der Waals surface area contributed by atoms with E-state index in [9.17, 15) is 14.9 Å². The fourth-order valence-corrected chi connectivity index (χ4v) is 6.26. The van der Waals surface area contributed by atoms with Crippen LogP contribution in [-0.2, 0) is 4.79 Å². The van der Waals surface area contributed by atoms with E-state index in [1.807, 2.05) is 30.3 Å². The van der Waals surface area contributed by atoms with Gasteiger partial charge in [0.15, 0.2) is 0 Å². The Labute approximate surface area is 170 Å². The zero-order valence-electron chi connectivity index (χ0n) is 16.3. The molecule has 0 unspecified atom stereocenters. The third-order valence-electron chi connectivity index (χ3n) is 7.07. The third kappa shape index (κ3) is 3.16. The van der Waals surface area contributed by atoms with Gasteiger partial charge in [0.2, 0.25) is 5.91 Å². The first-order valence-electron chi connectivity index (χ1n) is 10.4. The highest BCUT2D eigenvalue weighted by Crippen LogP contribution is 2.60. The molecule has 4 aliphatic carbocycles. The molecule has 2 aromatic carbocycles. The van der Waals surface area contributed by atoms with Crippen LogP contribution in [0.3, 0.4) is 0 Å². The van der Waals surface area contributed by atoms with Gasteiger partial charge in [-0.2, -0.15) is 0 Å². The van der Waals surface area contributed by atoms with E-state index in [-0.39, 0.29) is 17.0 Å². The minimum Gasteiger partial charge on any atom is -0.273 e. The Morgan fingerprint density at radius 3 is 2.07 bits per heavy atom. The number of anilines is 2. The summed E-state index contributed by atoms with van der Waals surface area (Å²) in [6.07, 6.45) is 6.64. The van der Waals surface area contributed by atoms with E-state index in [4.69, 9.17) is 0 Å². The molecule has 1 N–H and O–H groups in total. The van der Waals surface area contributed by atoms with E-state index in [1.165, 1.54) is 25.3 Å². The van der Waals surface area contributed by atoms with Crippen molar-refractivity contribution in [1.29, 1.82) is 0 Å². The summed E-state index contributed by atoms with van der Waals surface area (Å²) in [5, 5.41) is 13.2. The van der Waals surface area contributed by atoms with Crippen molar-refractivity contribution >= 4 is 23.0 Å². The Hall–Kier alpha value is -2.89. The number of nitro groups is 1. The predicted molar refractivity (Wildman–Crippen MR) is 110 cm³/mol. The predicted octanol–water partition coefficient (Wildman–Crippen LogP) is 4.98. The fraction of sp³-hybridized carbons (Fsp3) is 0.435. The Kier molecular flexibility index (Phi) is 4.30. The van der Waals surface area contributed by atoms with Crippen LogP contribution in [0.15, 0.2) is 54.6 Å². The molecule has 150 valence electrons. The zero-order chi connectivity index (χ0) is 20.0. The lowest BCUT2D eigenvalue weighted by molar-refractivity contribution is -0.384. The molecule has 4 aliphatic rings. The fourth-order valence-electron chi connectivity index (χ4n) is 6.26. The topological polar surface area (TPSA) is 75.5 Å². The highest BCUT2D eigenvalue weighted by Gasteiger charge is 2.55. The van der Waals surface area contributed by atoms with Crippen LogP contribution < -0.4 is 10.4 Å². The van der Waals surface area contributed by atoms with Gasteiger partial charge >= 0.3 is 0 Å². The number of nitro benzene ring substituents is 1. The van der Waals surface area contributed by atoms with Gasteiger partial charge in [-0.25, -0.2) is 5.01 Å². The first-order chi connectivity index (χ1) is 14.0. The van der Waals surface area contributed by atoms with E-state index in [0.29, 0.717) is 29.1 Å². The first kappa shape index (κ1) is 18.2.